The molecule has 1 aromatic rings. The molecule has 7 nitrogen and oxygen atoms in total. The van der Waals surface area contributed by atoms with E-state index in [0.717, 1.165) is 62.8 Å². The van der Waals surface area contributed by atoms with Crippen LogP contribution in [0.1, 0.15) is 37.7 Å². The number of likely N-dealkylation sites (tertiary alicyclic amines) is 1. The van der Waals surface area contributed by atoms with Crippen LogP contribution in [-0.2, 0) is 11.2 Å². The number of amides is 1. The molecule has 3 rings (SSSR count). The SMILES string of the molecule is CN=C(NCCc1ccc(OC)c(OC)c1)NC1CCN(C(=O)C2CCCC2)C1.I. The number of carbonyl (C=O) groups is 1. The van der Waals surface area contributed by atoms with Crippen molar-refractivity contribution in [3.05, 3.63) is 23.8 Å². The molecule has 2 aliphatic rings. The lowest BCUT2D eigenvalue weighted by Gasteiger charge is -2.21. The fourth-order valence-corrected chi connectivity index (χ4v) is 4.26. The van der Waals surface area contributed by atoms with Gasteiger partial charge in [-0.15, -0.1) is 24.0 Å². The van der Waals surface area contributed by atoms with Gasteiger partial charge in [0.2, 0.25) is 5.91 Å². The van der Waals surface area contributed by atoms with E-state index in [0.29, 0.717) is 5.91 Å². The molecule has 1 aliphatic carbocycles. The lowest BCUT2D eigenvalue weighted by Crippen LogP contribution is -2.45. The third-order valence-corrected chi connectivity index (χ3v) is 5.92. The quantitative estimate of drug-likeness (QED) is 0.322. The Morgan fingerprint density at radius 3 is 2.57 bits per heavy atom. The Morgan fingerprint density at radius 2 is 1.90 bits per heavy atom. The van der Waals surface area contributed by atoms with E-state index in [1.54, 1.807) is 21.3 Å². The second-order valence-electron chi connectivity index (χ2n) is 7.83. The van der Waals surface area contributed by atoms with Crippen molar-refractivity contribution < 1.29 is 14.3 Å². The van der Waals surface area contributed by atoms with E-state index in [1.165, 1.54) is 18.4 Å². The Kier molecular flexibility index (Phi) is 10.0. The number of carbonyl (C=O) groups excluding carboxylic acids is 1. The molecule has 1 amide bonds. The first-order chi connectivity index (χ1) is 14.1. The lowest BCUT2D eigenvalue weighted by molar-refractivity contribution is -0.134. The molecule has 8 heteroatoms. The van der Waals surface area contributed by atoms with Gasteiger partial charge in [-0.2, -0.15) is 0 Å². The molecule has 0 bridgehead atoms. The minimum absolute atomic E-state index is 0. The van der Waals surface area contributed by atoms with Crippen LogP contribution in [-0.4, -0.2) is 63.7 Å². The maximum atomic E-state index is 12.6. The summed E-state index contributed by atoms with van der Waals surface area (Å²) in [4.78, 5) is 19.0. The van der Waals surface area contributed by atoms with Crippen LogP contribution in [0.25, 0.3) is 0 Å². The average Bonchev–Trinajstić information content (AvgIpc) is 3.44. The molecule has 1 saturated heterocycles. The van der Waals surface area contributed by atoms with Crippen molar-refractivity contribution in [2.45, 2.75) is 44.6 Å². The van der Waals surface area contributed by atoms with Gasteiger partial charge in [0.1, 0.15) is 0 Å². The number of aliphatic imine (C=N–C) groups is 1. The maximum absolute atomic E-state index is 12.6. The molecule has 1 heterocycles. The number of rotatable bonds is 7. The summed E-state index contributed by atoms with van der Waals surface area (Å²) in [6.45, 7) is 2.37. The van der Waals surface area contributed by atoms with Crippen LogP contribution in [0.3, 0.4) is 0 Å². The summed E-state index contributed by atoms with van der Waals surface area (Å²) < 4.78 is 10.7. The van der Waals surface area contributed by atoms with Crippen LogP contribution >= 0.6 is 24.0 Å². The molecule has 0 spiro atoms. The minimum Gasteiger partial charge on any atom is -0.493 e. The van der Waals surface area contributed by atoms with E-state index in [2.05, 4.69) is 15.6 Å². The highest BCUT2D eigenvalue weighted by atomic mass is 127. The summed E-state index contributed by atoms with van der Waals surface area (Å²) >= 11 is 0. The number of hydrogen-bond acceptors (Lipinski definition) is 4. The molecule has 168 valence electrons. The first kappa shape index (κ1) is 24.6. The number of benzene rings is 1. The van der Waals surface area contributed by atoms with Crippen molar-refractivity contribution in [1.29, 1.82) is 0 Å². The van der Waals surface area contributed by atoms with Gasteiger partial charge in [0.05, 0.1) is 14.2 Å². The Hall–Kier alpha value is -1.71. The first-order valence-electron chi connectivity index (χ1n) is 10.6. The molecule has 30 heavy (non-hydrogen) atoms. The van der Waals surface area contributed by atoms with Crippen LogP contribution in [0.4, 0.5) is 0 Å². The van der Waals surface area contributed by atoms with E-state index in [1.807, 2.05) is 23.1 Å². The monoisotopic (exact) mass is 530 g/mol. The van der Waals surface area contributed by atoms with Gasteiger partial charge in [0.25, 0.3) is 0 Å². The van der Waals surface area contributed by atoms with Crippen molar-refractivity contribution in [3.63, 3.8) is 0 Å². The predicted octanol–water partition coefficient (Wildman–Crippen LogP) is 2.82. The summed E-state index contributed by atoms with van der Waals surface area (Å²) in [6.07, 6.45) is 6.33. The molecule has 1 aliphatic heterocycles. The van der Waals surface area contributed by atoms with Gasteiger partial charge in [-0.25, -0.2) is 0 Å². The molecule has 2 fully saturated rings. The van der Waals surface area contributed by atoms with Crippen LogP contribution in [0.2, 0.25) is 0 Å². The van der Waals surface area contributed by atoms with Crippen LogP contribution in [0, 0.1) is 5.92 Å². The molecule has 1 aromatic carbocycles. The smallest absolute Gasteiger partial charge is 0.225 e. The molecule has 2 N–H and O–H groups in total. The molecular formula is C22H35IN4O3. The predicted molar refractivity (Wildman–Crippen MR) is 130 cm³/mol. The zero-order valence-electron chi connectivity index (χ0n) is 18.3. The molecule has 1 saturated carbocycles. The first-order valence-corrected chi connectivity index (χ1v) is 10.6. The highest BCUT2D eigenvalue weighted by Crippen LogP contribution is 2.28. The third kappa shape index (κ3) is 6.39. The Bertz CT molecular complexity index is 722. The standard InChI is InChI=1S/C22H34N4O3.HI/c1-23-22(24-12-10-16-8-9-19(28-2)20(14-16)29-3)25-18-11-13-26(15-18)21(27)17-6-4-5-7-17;/h8-9,14,17-18H,4-7,10-13,15H2,1-3H3,(H2,23,24,25);1H. The van der Waals surface area contributed by atoms with Gasteiger partial charge in [0, 0.05) is 38.6 Å². The number of ether oxygens (including phenoxy) is 2. The summed E-state index contributed by atoms with van der Waals surface area (Å²) in [7, 11) is 5.07. The van der Waals surface area contributed by atoms with Gasteiger partial charge < -0.3 is 25.0 Å². The summed E-state index contributed by atoms with van der Waals surface area (Å²) in [5.41, 5.74) is 1.17. The second-order valence-corrected chi connectivity index (χ2v) is 7.83. The van der Waals surface area contributed by atoms with Gasteiger partial charge in [-0.1, -0.05) is 18.9 Å². The van der Waals surface area contributed by atoms with Crippen molar-refractivity contribution in [2.24, 2.45) is 10.9 Å². The summed E-state index contributed by atoms with van der Waals surface area (Å²) in [5.74, 6) is 2.87. The normalized spacial score (nSPS) is 19.4. The number of nitrogens with one attached hydrogen (secondary N) is 2. The van der Waals surface area contributed by atoms with Crippen molar-refractivity contribution >= 4 is 35.8 Å². The third-order valence-electron chi connectivity index (χ3n) is 5.92. The Morgan fingerprint density at radius 1 is 1.17 bits per heavy atom. The van der Waals surface area contributed by atoms with Crippen LogP contribution in [0.15, 0.2) is 23.2 Å². The van der Waals surface area contributed by atoms with Gasteiger partial charge in [-0.3, -0.25) is 9.79 Å². The van der Waals surface area contributed by atoms with E-state index in [4.69, 9.17) is 9.47 Å². The number of methoxy groups -OCH3 is 2. The average molecular weight is 530 g/mol. The number of hydrogen-bond donors (Lipinski definition) is 2. The summed E-state index contributed by atoms with van der Waals surface area (Å²) in [6, 6.07) is 6.23. The maximum Gasteiger partial charge on any atom is 0.225 e. The van der Waals surface area contributed by atoms with E-state index < -0.39 is 0 Å². The number of guanidine groups is 1. The van der Waals surface area contributed by atoms with Gasteiger partial charge in [-0.05, 0) is 43.4 Å². The fraction of sp³-hybridized carbons (Fsp3) is 0.636. The van der Waals surface area contributed by atoms with Crippen molar-refractivity contribution in [1.82, 2.24) is 15.5 Å². The lowest BCUT2D eigenvalue weighted by atomic mass is 10.1. The molecular weight excluding hydrogens is 495 g/mol. The molecule has 0 radical (unpaired) electrons. The van der Waals surface area contributed by atoms with E-state index in [-0.39, 0.29) is 35.9 Å². The zero-order valence-corrected chi connectivity index (χ0v) is 20.6. The Balaban J connectivity index is 0.00000320. The number of halogens is 1. The minimum atomic E-state index is 0. The van der Waals surface area contributed by atoms with Crippen LogP contribution in [0.5, 0.6) is 11.5 Å². The highest BCUT2D eigenvalue weighted by molar-refractivity contribution is 14.0. The van der Waals surface area contributed by atoms with Gasteiger partial charge >= 0.3 is 0 Å². The van der Waals surface area contributed by atoms with Crippen molar-refractivity contribution in [3.8, 4) is 11.5 Å². The second kappa shape index (κ2) is 12.2. The van der Waals surface area contributed by atoms with Crippen LogP contribution < -0.4 is 20.1 Å². The fourth-order valence-electron chi connectivity index (χ4n) is 4.26. The van der Waals surface area contributed by atoms with E-state index >= 15 is 0 Å². The van der Waals surface area contributed by atoms with E-state index in [9.17, 15) is 4.79 Å². The molecule has 1 unspecified atom stereocenters. The van der Waals surface area contributed by atoms with Gasteiger partial charge in [0.15, 0.2) is 17.5 Å². The number of nitrogens with zero attached hydrogens (tertiary/aromatic N) is 2. The zero-order chi connectivity index (χ0) is 20.6. The topological polar surface area (TPSA) is 75.2 Å². The highest BCUT2D eigenvalue weighted by Gasteiger charge is 2.32. The molecule has 1 atom stereocenters. The largest absolute Gasteiger partial charge is 0.493 e. The Labute approximate surface area is 197 Å². The van der Waals surface area contributed by atoms with Crippen molar-refractivity contribution in [2.75, 3.05) is 40.9 Å². The molecule has 0 aromatic heterocycles. The summed E-state index contributed by atoms with van der Waals surface area (Å²) in [5, 5.41) is 6.84.